The smallest absolute Gasteiger partial charge is 0.347 e. The van der Waals surface area contributed by atoms with E-state index in [9.17, 15) is 18.0 Å². The van der Waals surface area contributed by atoms with Gasteiger partial charge in [0.1, 0.15) is 18.0 Å². The van der Waals surface area contributed by atoms with Crippen LogP contribution in [0.25, 0.3) is 93.0 Å². The zero-order chi connectivity index (χ0) is 36.8. The predicted octanol–water partition coefficient (Wildman–Crippen LogP) is 9.04. The van der Waals surface area contributed by atoms with Crippen molar-refractivity contribution in [2.75, 3.05) is 0 Å². The van der Waals surface area contributed by atoms with Gasteiger partial charge in [0.25, 0.3) is 11.4 Å². The maximum Gasteiger partial charge on any atom is 0.347 e. The van der Waals surface area contributed by atoms with E-state index in [4.69, 9.17) is 9.72 Å². The lowest BCUT2D eigenvalue weighted by Crippen LogP contribution is -2.46. The van der Waals surface area contributed by atoms with Gasteiger partial charge in [0.05, 0.1) is 32.0 Å². The highest BCUT2D eigenvalue weighted by Gasteiger charge is 2.43. The first-order chi connectivity index (χ1) is 25.9. The number of carbonyl (C=O) groups is 1. The number of sulfone groups is 1. The molecule has 0 atom stereocenters. The number of H-pyrrole nitrogens is 1. The molecule has 3 aliphatic heterocycles. The third-order valence-electron chi connectivity index (χ3n) is 10.8. The van der Waals surface area contributed by atoms with Crippen molar-refractivity contribution in [3.63, 3.8) is 0 Å². The molecule has 3 aliphatic rings. The number of pyridine rings is 1. The van der Waals surface area contributed by atoms with Gasteiger partial charge in [-0.25, -0.2) is 23.2 Å². The standard InChI is InChI=1S/C37H14N4O5S.3C2H6/c42-36-17-9-14-13-46-23-10-18-28-16(35-39-20-6-2-4-8-22(20)41(35)37(18)43)12-25-31-30-24(47(25,44)45)11-15(27(17)32(30)26(14)29(23)33(28)31)34-38-19-5-1-3-7-21(19)40(34)36;3*1-2/h1-12H,13H2;3*1-2H3/p+1. The van der Waals surface area contributed by atoms with E-state index in [-0.39, 0.29) is 27.9 Å². The van der Waals surface area contributed by atoms with Crippen molar-refractivity contribution in [3.05, 3.63) is 94.3 Å². The molecule has 10 aromatic rings. The highest BCUT2D eigenvalue weighted by Crippen LogP contribution is 2.58. The molecule has 0 saturated heterocycles. The summed E-state index contributed by atoms with van der Waals surface area (Å²) in [6.45, 7) is 12.2. The number of imidazole rings is 2. The van der Waals surface area contributed by atoms with Gasteiger partial charge in [0.2, 0.25) is 9.84 Å². The van der Waals surface area contributed by atoms with Crippen LogP contribution in [0.5, 0.6) is 5.75 Å². The first-order valence-electron chi connectivity index (χ1n) is 18.2. The Morgan fingerprint density at radius 2 is 1.42 bits per heavy atom. The molecule has 10 heteroatoms. The molecule has 3 aromatic heterocycles. The Morgan fingerprint density at radius 1 is 0.717 bits per heavy atom. The summed E-state index contributed by atoms with van der Waals surface area (Å²) in [5.41, 5.74) is 4.95. The van der Waals surface area contributed by atoms with E-state index >= 15 is 0 Å². The molecule has 0 bridgehead atoms. The van der Waals surface area contributed by atoms with Gasteiger partial charge >= 0.3 is 5.91 Å². The van der Waals surface area contributed by atoms with Crippen molar-refractivity contribution in [3.8, 4) is 17.1 Å². The minimum absolute atomic E-state index is 0.175. The van der Waals surface area contributed by atoms with Crippen LogP contribution in [0.15, 0.2) is 87.4 Å². The van der Waals surface area contributed by atoms with Crippen LogP contribution in [0.2, 0.25) is 0 Å². The van der Waals surface area contributed by atoms with Gasteiger partial charge in [-0.05, 0) is 54.1 Å². The molecule has 0 fully saturated rings. The van der Waals surface area contributed by atoms with Gasteiger partial charge < -0.3 is 4.74 Å². The van der Waals surface area contributed by atoms with Crippen LogP contribution in [-0.2, 0) is 16.4 Å². The van der Waals surface area contributed by atoms with E-state index in [0.29, 0.717) is 82.6 Å². The van der Waals surface area contributed by atoms with Gasteiger partial charge in [-0.15, -0.1) is 0 Å². The Bertz CT molecular complexity index is 3470. The van der Waals surface area contributed by atoms with Crippen molar-refractivity contribution in [2.24, 2.45) is 0 Å². The van der Waals surface area contributed by atoms with E-state index in [2.05, 4.69) is 4.98 Å². The van der Waals surface area contributed by atoms with E-state index in [0.717, 1.165) is 27.2 Å². The highest BCUT2D eigenvalue weighted by atomic mass is 32.2. The second-order valence-electron chi connectivity index (χ2n) is 12.8. The number of aromatic nitrogens is 4. The minimum Gasteiger partial charge on any atom is -0.488 e. The number of aromatic amines is 1. The van der Waals surface area contributed by atoms with Crippen LogP contribution in [0.4, 0.5) is 0 Å². The van der Waals surface area contributed by atoms with Crippen molar-refractivity contribution in [1.29, 1.82) is 0 Å². The minimum atomic E-state index is -4.03. The Balaban J connectivity index is 0.000000558. The number of rotatable bonds is 0. The fraction of sp³-hybridized carbons (Fsp3) is 0.163. The van der Waals surface area contributed by atoms with E-state index in [1.165, 1.54) is 0 Å². The summed E-state index contributed by atoms with van der Waals surface area (Å²) in [6, 6.07) is 22.1. The van der Waals surface area contributed by atoms with Crippen molar-refractivity contribution >= 4 is 97.3 Å². The molecule has 0 spiro atoms. The zero-order valence-corrected chi connectivity index (χ0v) is 30.7. The van der Waals surface area contributed by atoms with Gasteiger partial charge in [0.15, 0.2) is 11.0 Å². The first-order valence-corrected chi connectivity index (χ1v) is 19.7. The maximum atomic E-state index is 14.8. The van der Waals surface area contributed by atoms with E-state index in [1.54, 1.807) is 21.1 Å². The number of nitrogens with zero attached hydrogens (tertiary/aromatic N) is 3. The largest absolute Gasteiger partial charge is 0.488 e. The molecular weight excluding hydrogens is 685 g/mol. The number of fused-ring (bicyclic) bond motifs is 8. The Morgan fingerprint density at radius 3 is 2.21 bits per heavy atom. The second-order valence-corrected chi connectivity index (χ2v) is 14.7. The monoisotopic (exact) mass is 717 g/mol. The van der Waals surface area contributed by atoms with Gasteiger partial charge in [-0.1, -0.05) is 65.8 Å². The summed E-state index contributed by atoms with van der Waals surface area (Å²) in [5.74, 6) is 0.866. The van der Waals surface area contributed by atoms with Gasteiger partial charge in [-0.2, -0.15) is 4.57 Å². The molecule has 0 unspecified atom stereocenters. The van der Waals surface area contributed by atoms with Gasteiger partial charge in [-0.3, -0.25) is 9.20 Å². The number of para-hydroxylation sites is 4. The molecule has 9 nitrogen and oxygen atoms in total. The lowest BCUT2D eigenvalue weighted by molar-refractivity contribution is -0.530. The average Bonchev–Trinajstić information content (AvgIpc) is 3.86. The van der Waals surface area contributed by atoms with Gasteiger partial charge in [0, 0.05) is 53.9 Å². The van der Waals surface area contributed by atoms with Crippen LogP contribution in [0, 0.1) is 0 Å². The number of nitrogens with one attached hydrogen (secondary N) is 1. The molecule has 0 radical (unpaired) electrons. The van der Waals surface area contributed by atoms with Crippen LogP contribution < -0.4 is 14.9 Å². The molecule has 7 aromatic carbocycles. The molecule has 6 heterocycles. The fourth-order valence-electron chi connectivity index (χ4n) is 9.04. The molecule has 0 saturated carbocycles. The van der Waals surface area contributed by atoms with E-state index < -0.39 is 9.84 Å². The number of ether oxygens (including phenoxy) is 1. The van der Waals surface area contributed by atoms with Crippen LogP contribution >= 0.6 is 0 Å². The second kappa shape index (κ2) is 10.5. The molecule has 53 heavy (non-hydrogen) atoms. The highest BCUT2D eigenvalue weighted by molar-refractivity contribution is 7.92. The normalized spacial score (nSPS) is 14.3. The summed E-state index contributed by atoms with van der Waals surface area (Å²) in [5, 5.41) is 6.76. The van der Waals surface area contributed by atoms with Crippen molar-refractivity contribution in [1.82, 2.24) is 14.4 Å². The van der Waals surface area contributed by atoms with Crippen molar-refractivity contribution < 1.29 is 22.5 Å². The Hall–Kier alpha value is -6.13. The quantitative estimate of drug-likeness (QED) is 0.0951. The molecule has 260 valence electrons. The third kappa shape index (κ3) is 3.41. The first kappa shape index (κ1) is 31.6. The van der Waals surface area contributed by atoms with Crippen LogP contribution in [0.1, 0.15) is 57.5 Å². The maximum absolute atomic E-state index is 14.8. The lowest BCUT2D eigenvalue weighted by atomic mass is 9.81. The predicted molar refractivity (Wildman–Crippen MR) is 210 cm³/mol. The number of carbonyl (C=O) groups excluding carboxylic acids is 1. The number of hydrogen-bond donors (Lipinski definition) is 1. The van der Waals surface area contributed by atoms with E-state index in [1.807, 2.05) is 102 Å². The lowest BCUT2D eigenvalue weighted by Gasteiger charge is -2.26. The molecule has 0 aliphatic carbocycles. The molecule has 13 rings (SSSR count). The zero-order valence-electron chi connectivity index (χ0n) is 29.9. The topological polar surface area (TPSA) is 114 Å². The Labute approximate surface area is 302 Å². The fourth-order valence-corrected chi connectivity index (χ4v) is 10.8. The number of benzene rings is 7. The SMILES string of the molecule is CC.CC.CC.O=C1c2cc3c4c5c(cc6c(=O)n7c8ccccc8nc7c7cc8c(c9c(cc(c2c49)-c2[nH]c4ccccc4[n+]21)S8(=O)=O)c5c67)CO3. The molecular formula is C43H33N4O5S+. The summed E-state index contributed by atoms with van der Waals surface area (Å²) in [6.07, 6.45) is 0. The summed E-state index contributed by atoms with van der Waals surface area (Å²) >= 11 is 0. The Kier molecular flexibility index (Phi) is 6.25. The summed E-state index contributed by atoms with van der Waals surface area (Å²) < 4.78 is 39.2. The van der Waals surface area contributed by atoms with Crippen LogP contribution in [-0.4, -0.2) is 28.7 Å². The third-order valence-corrected chi connectivity index (χ3v) is 12.6. The average molecular weight is 718 g/mol. The van der Waals surface area contributed by atoms with Crippen molar-refractivity contribution in [2.45, 2.75) is 57.9 Å². The number of hydrogen-bond acceptors (Lipinski definition) is 6. The molecule has 0 amide bonds. The summed E-state index contributed by atoms with van der Waals surface area (Å²) in [4.78, 5) is 37.3. The molecule has 1 N–H and O–H groups in total. The summed E-state index contributed by atoms with van der Waals surface area (Å²) in [7, 11) is -4.03. The van der Waals surface area contributed by atoms with Crippen LogP contribution in [0.3, 0.4) is 0 Å².